The van der Waals surface area contributed by atoms with Crippen molar-refractivity contribution in [2.24, 2.45) is 0 Å². The zero-order valence-electron chi connectivity index (χ0n) is 14.3. The second-order valence-electron chi connectivity index (χ2n) is 6.49. The van der Waals surface area contributed by atoms with Gasteiger partial charge in [-0.1, -0.05) is 11.2 Å². The Kier molecular flexibility index (Phi) is 5.63. The van der Waals surface area contributed by atoms with Gasteiger partial charge in [-0.15, -0.1) is 11.3 Å². The summed E-state index contributed by atoms with van der Waals surface area (Å²) in [5.41, 5.74) is 0. The first-order valence-electron chi connectivity index (χ1n) is 8.44. The Morgan fingerprint density at radius 3 is 3.08 bits per heavy atom. The number of piperidine rings is 1. The predicted molar refractivity (Wildman–Crippen MR) is 93.8 cm³/mol. The van der Waals surface area contributed by atoms with Gasteiger partial charge in [-0.05, 0) is 44.8 Å². The first kappa shape index (κ1) is 17.1. The number of thiophene rings is 1. The Labute approximate surface area is 146 Å². The lowest BCUT2D eigenvalue weighted by atomic mass is 10.0. The molecule has 3 heterocycles. The topological polar surface area (TPSA) is 62.5 Å². The summed E-state index contributed by atoms with van der Waals surface area (Å²) in [5, 5.41) is 5.98. The van der Waals surface area contributed by atoms with E-state index in [0.717, 1.165) is 30.8 Å². The van der Waals surface area contributed by atoms with Crippen LogP contribution < -0.4 is 0 Å². The molecule has 0 N–H and O–H groups in total. The van der Waals surface area contributed by atoms with E-state index in [1.54, 1.807) is 11.3 Å². The third-order valence-electron chi connectivity index (χ3n) is 4.29. The SMILES string of the molecule is CN(C)C[C@H]1CCCCN1C(=O)CCc1nc(-c2cccs2)no1. The van der Waals surface area contributed by atoms with E-state index in [9.17, 15) is 4.79 Å². The number of aromatic nitrogens is 2. The molecule has 1 amide bonds. The predicted octanol–water partition coefficient (Wildman–Crippen LogP) is 2.67. The fourth-order valence-corrected chi connectivity index (χ4v) is 3.81. The monoisotopic (exact) mass is 348 g/mol. The van der Waals surface area contributed by atoms with Crippen molar-refractivity contribution < 1.29 is 9.32 Å². The second-order valence-corrected chi connectivity index (χ2v) is 7.44. The third kappa shape index (κ3) is 4.21. The van der Waals surface area contributed by atoms with E-state index in [2.05, 4.69) is 29.1 Å². The minimum atomic E-state index is 0.192. The molecule has 6 nitrogen and oxygen atoms in total. The molecule has 0 aromatic carbocycles. The van der Waals surface area contributed by atoms with E-state index in [-0.39, 0.29) is 5.91 Å². The van der Waals surface area contributed by atoms with E-state index in [1.807, 2.05) is 22.4 Å². The first-order valence-corrected chi connectivity index (χ1v) is 9.32. The standard InChI is InChI=1S/C17H24N4O2S/c1-20(2)12-13-6-3-4-10-21(13)16(22)9-8-15-18-17(19-23-15)14-7-5-11-24-14/h5,7,11,13H,3-4,6,8-10,12H2,1-2H3/t13-/m1/s1. The van der Waals surface area contributed by atoms with Gasteiger partial charge in [0.25, 0.3) is 0 Å². The number of hydrogen-bond acceptors (Lipinski definition) is 6. The van der Waals surface area contributed by atoms with Crippen LogP contribution in [0.4, 0.5) is 0 Å². The molecular weight excluding hydrogens is 324 g/mol. The van der Waals surface area contributed by atoms with Crippen LogP contribution in [0.5, 0.6) is 0 Å². The van der Waals surface area contributed by atoms with Crippen molar-refractivity contribution in [1.29, 1.82) is 0 Å². The highest BCUT2D eigenvalue weighted by Crippen LogP contribution is 2.22. The van der Waals surface area contributed by atoms with Gasteiger partial charge in [-0.3, -0.25) is 4.79 Å². The fraction of sp³-hybridized carbons (Fsp3) is 0.588. The van der Waals surface area contributed by atoms with Gasteiger partial charge >= 0.3 is 0 Å². The lowest BCUT2D eigenvalue weighted by molar-refractivity contribution is -0.135. The number of carbonyl (C=O) groups is 1. The smallest absolute Gasteiger partial charge is 0.227 e. The summed E-state index contributed by atoms with van der Waals surface area (Å²) in [5.74, 6) is 1.33. The zero-order valence-corrected chi connectivity index (χ0v) is 15.1. The van der Waals surface area contributed by atoms with Crippen molar-refractivity contribution in [3.05, 3.63) is 23.4 Å². The summed E-state index contributed by atoms with van der Waals surface area (Å²) in [6, 6.07) is 4.25. The highest BCUT2D eigenvalue weighted by Gasteiger charge is 2.27. The Morgan fingerprint density at radius 1 is 1.46 bits per heavy atom. The zero-order chi connectivity index (χ0) is 16.9. The van der Waals surface area contributed by atoms with Crippen molar-refractivity contribution in [2.75, 3.05) is 27.2 Å². The Balaban J connectivity index is 1.56. The van der Waals surface area contributed by atoms with E-state index >= 15 is 0 Å². The van der Waals surface area contributed by atoms with Crippen LogP contribution in [0.2, 0.25) is 0 Å². The quantitative estimate of drug-likeness (QED) is 0.803. The van der Waals surface area contributed by atoms with E-state index < -0.39 is 0 Å². The largest absolute Gasteiger partial charge is 0.339 e. The molecule has 1 aliphatic heterocycles. The molecule has 1 aliphatic rings. The third-order valence-corrected chi connectivity index (χ3v) is 5.15. The molecule has 7 heteroatoms. The fourth-order valence-electron chi connectivity index (χ4n) is 3.16. The van der Waals surface area contributed by atoms with Crippen LogP contribution in [0.3, 0.4) is 0 Å². The van der Waals surface area contributed by atoms with Gasteiger partial charge in [0, 0.05) is 32.0 Å². The molecule has 0 radical (unpaired) electrons. The van der Waals surface area contributed by atoms with Gasteiger partial charge < -0.3 is 14.3 Å². The van der Waals surface area contributed by atoms with Crippen molar-refractivity contribution in [3.8, 4) is 10.7 Å². The molecule has 0 saturated carbocycles. The maximum absolute atomic E-state index is 12.6. The number of likely N-dealkylation sites (tertiary alicyclic amines) is 1. The molecule has 1 atom stereocenters. The molecule has 2 aromatic rings. The van der Waals surface area contributed by atoms with Gasteiger partial charge in [0.05, 0.1) is 4.88 Å². The summed E-state index contributed by atoms with van der Waals surface area (Å²) in [6.45, 7) is 1.79. The molecule has 0 bridgehead atoms. The normalized spacial score (nSPS) is 18.3. The molecule has 1 saturated heterocycles. The lowest BCUT2D eigenvalue weighted by Gasteiger charge is -2.37. The Hall–Kier alpha value is -1.73. The first-order chi connectivity index (χ1) is 11.6. The number of likely N-dealkylation sites (N-methyl/N-ethyl adjacent to an activating group) is 1. The molecule has 0 aliphatic carbocycles. The average Bonchev–Trinajstić information content (AvgIpc) is 3.24. The maximum Gasteiger partial charge on any atom is 0.227 e. The van der Waals surface area contributed by atoms with E-state index in [4.69, 9.17) is 4.52 Å². The molecule has 2 aromatic heterocycles. The van der Waals surface area contributed by atoms with Crippen LogP contribution in [-0.4, -0.2) is 59.1 Å². The van der Waals surface area contributed by atoms with Gasteiger partial charge in [0.15, 0.2) is 0 Å². The van der Waals surface area contributed by atoms with Crippen LogP contribution in [0, 0.1) is 0 Å². The van der Waals surface area contributed by atoms with Crippen molar-refractivity contribution in [1.82, 2.24) is 19.9 Å². The maximum atomic E-state index is 12.6. The molecule has 24 heavy (non-hydrogen) atoms. The van der Waals surface area contributed by atoms with Crippen LogP contribution in [0.15, 0.2) is 22.0 Å². The Morgan fingerprint density at radius 2 is 2.33 bits per heavy atom. The lowest BCUT2D eigenvalue weighted by Crippen LogP contribution is -2.48. The second kappa shape index (κ2) is 7.90. The highest BCUT2D eigenvalue weighted by atomic mass is 32.1. The number of amides is 1. The molecule has 3 rings (SSSR count). The number of carbonyl (C=O) groups excluding carboxylic acids is 1. The van der Waals surface area contributed by atoms with Crippen LogP contribution in [0.25, 0.3) is 10.7 Å². The minimum Gasteiger partial charge on any atom is -0.339 e. The summed E-state index contributed by atoms with van der Waals surface area (Å²) < 4.78 is 5.28. The number of aryl methyl sites for hydroxylation is 1. The molecular formula is C17H24N4O2S. The van der Waals surface area contributed by atoms with Crippen molar-refractivity contribution in [2.45, 2.75) is 38.1 Å². The summed E-state index contributed by atoms with van der Waals surface area (Å²) in [6.07, 6.45) is 4.32. The van der Waals surface area contributed by atoms with E-state index in [0.29, 0.717) is 30.6 Å². The number of rotatable bonds is 6. The molecule has 130 valence electrons. The van der Waals surface area contributed by atoms with Crippen LogP contribution >= 0.6 is 11.3 Å². The number of hydrogen-bond donors (Lipinski definition) is 0. The van der Waals surface area contributed by atoms with Crippen molar-refractivity contribution in [3.63, 3.8) is 0 Å². The summed E-state index contributed by atoms with van der Waals surface area (Å²) in [4.78, 5) is 22.2. The molecule has 0 spiro atoms. The van der Waals surface area contributed by atoms with Gasteiger partial charge in [0.1, 0.15) is 0 Å². The van der Waals surface area contributed by atoms with Gasteiger partial charge in [-0.2, -0.15) is 4.98 Å². The van der Waals surface area contributed by atoms with Crippen LogP contribution in [-0.2, 0) is 11.2 Å². The highest BCUT2D eigenvalue weighted by molar-refractivity contribution is 7.13. The van der Waals surface area contributed by atoms with Crippen molar-refractivity contribution >= 4 is 17.2 Å². The van der Waals surface area contributed by atoms with E-state index in [1.165, 1.54) is 6.42 Å². The molecule has 1 fully saturated rings. The average molecular weight is 348 g/mol. The van der Waals surface area contributed by atoms with Crippen LogP contribution in [0.1, 0.15) is 31.6 Å². The minimum absolute atomic E-state index is 0.192. The summed E-state index contributed by atoms with van der Waals surface area (Å²) in [7, 11) is 4.11. The molecule has 0 unspecified atom stereocenters. The number of nitrogens with zero attached hydrogens (tertiary/aromatic N) is 4. The Bertz CT molecular complexity index is 653. The van der Waals surface area contributed by atoms with Gasteiger partial charge in [-0.25, -0.2) is 0 Å². The van der Waals surface area contributed by atoms with Gasteiger partial charge in [0.2, 0.25) is 17.6 Å². The summed E-state index contributed by atoms with van der Waals surface area (Å²) >= 11 is 1.58.